The van der Waals surface area contributed by atoms with Crippen molar-refractivity contribution in [1.29, 1.82) is 0 Å². The third-order valence-electron chi connectivity index (χ3n) is 2.95. The van der Waals surface area contributed by atoms with Crippen molar-refractivity contribution in [2.75, 3.05) is 6.54 Å². The second kappa shape index (κ2) is 2.77. The average Bonchev–Trinajstić information content (AvgIpc) is 3.00. The molecule has 68 valence electrons. The van der Waals surface area contributed by atoms with Gasteiger partial charge in [0.05, 0.1) is 0 Å². The minimum Gasteiger partial charge on any atom is -0.296 e. The van der Waals surface area contributed by atoms with Gasteiger partial charge in [-0.3, -0.25) is 4.90 Å². The van der Waals surface area contributed by atoms with Gasteiger partial charge in [-0.15, -0.1) is 0 Å². The number of fused-ring (bicyclic) bond motifs is 1. The lowest BCUT2D eigenvalue weighted by Crippen LogP contribution is -2.32. The van der Waals surface area contributed by atoms with Gasteiger partial charge >= 0.3 is 0 Å². The second-order valence-electron chi connectivity index (χ2n) is 3.95. The summed E-state index contributed by atoms with van der Waals surface area (Å²) in [5.41, 5.74) is 2.59. The zero-order chi connectivity index (χ0) is 8.67. The molecule has 1 aliphatic carbocycles. The first-order valence-electron chi connectivity index (χ1n) is 4.95. The Morgan fingerprint density at radius 1 is 1.38 bits per heavy atom. The molecule has 1 aromatic heterocycles. The Morgan fingerprint density at radius 3 is 3.15 bits per heavy atom. The summed E-state index contributed by atoms with van der Waals surface area (Å²) < 4.78 is 0. The van der Waals surface area contributed by atoms with Crippen LogP contribution in [0.1, 0.15) is 24.1 Å². The predicted molar refractivity (Wildman–Crippen MR) is 49.2 cm³/mol. The molecule has 3 nitrogen and oxygen atoms in total. The molecule has 0 aromatic carbocycles. The quantitative estimate of drug-likeness (QED) is 0.637. The number of rotatable bonds is 1. The van der Waals surface area contributed by atoms with Gasteiger partial charge in [0.2, 0.25) is 0 Å². The summed E-state index contributed by atoms with van der Waals surface area (Å²) >= 11 is 0. The summed E-state index contributed by atoms with van der Waals surface area (Å²) in [4.78, 5) is 10.9. The van der Waals surface area contributed by atoms with E-state index >= 15 is 0 Å². The first kappa shape index (κ1) is 7.44. The highest BCUT2D eigenvalue weighted by atomic mass is 15.2. The fraction of sp³-hybridized carbons (Fsp3) is 0.600. The van der Waals surface area contributed by atoms with Crippen molar-refractivity contribution in [3.63, 3.8) is 0 Å². The highest BCUT2D eigenvalue weighted by molar-refractivity contribution is 5.19. The van der Waals surface area contributed by atoms with Crippen molar-refractivity contribution in [1.82, 2.24) is 14.9 Å². The van der Waals surface area contributed by atoms with Gasteiger partial charge in [-0.1, -0.05) is 0 Å². The van der Waals surface area contributed by atoms with Crippen LogP contribution < -0.4 is 0 Å². The Labute approximate surface area is 77.8 Å². The van der Waals surface area contributed by atoms with E-state index in [1.165, 1.54) is 30.6 Å². The van der Waals surface area contributed by atoms with Crippen LogP contribution in [0.5, 0.6) is 0 Å². The van der Waals surface area contributed by atoms with Crippen molar-refractivity contribution in [2.45, 2.75) is 31.8 Å². The molecule has 0 amide bonds. The lowest BCUT2D eigenvalue weighted by Gasteiger charge is -2.27. The summed E-state index contributed by atoms with van der Waals surface area (Å²) in [5, 5.41) is 0. The molecule has 2 aliphatic rings. The normalized spacial score (nSPS) is 22.8. The van der Waals surface area contributed by atoms with Gasteiger partial charge in [0.25, 0.3) is 0 Å². The summed E-state index contributed by atoms with van der Waals surface area (Å²) in [6.07, 6.45) is 7.52. The molecule has 1 fully saturated rings. The fourth-order valence-corrected chi connectivity index (χ4v) is 2.04. The van der Waals surface area contributed by atoms with E-state index in [0.29, 0.717) is 0 Å². The second-order valence-corrected chi connectivity index (χ2v) is 3.95. The lowest BCUT2D eigenvalue weighted by atomic mass is 10.1. The molecule has 1 aliphatic heterocycles. The largest absolute Gasteiger partial charge is 0.296 e. The molecule has 0 bridgehead atoms. The molecule has 1 aromatic rings. The summed E-state index contributed by atoms with van der Waals surface area (Å²) in [7, 11) is 0. The van der Waals surface area contributed by atoms with E-state index in [1.807, 2.05) is 6.20 Å². The molecule has 3 rings (SSSR count). The number of aromatic nitrogens is 2. The van der Waals surface area contributed by atoms with Gasteiger partial charge in [-0.25, -0.2) is 9.97 Å². The van der Waals surface area contributed by atoms with Crippen LogP contribution in [0.3, 0.4) is 0 Å². The van der Waals surface area contributed by atoms with Gasteiger partial charge in [0, 0.05) is 43.0 Å². The SMILES string of the molecule is c1ncc2c(n1)CCN(C1CC1)C2. The molecule has 0 spiro atoms. The van der Waals surface area contributed by atoms with E-state index in [1.54, 1.807) is 6.33 Å². The molecule has 13 heavy (non-hydrogen) atoms. The van der Waals surface area contributed by atoms with E-state index in [-0.39, 0.29) is 0 Å². The van der Waals surface area contributed by atoms with Gasteiger partial charge in [0.15, 0.2) is 0 Å². The summed E-state index contributed by atoms with van der Waals surface area (Å²) in [6.45, 7) is 2.26. The van der Waals surface area contributed by atoms with E-state index < -0.39 is 0 Å². The van der Waals surface area contributed by atoms with Crippen molar-refractivity contribution >= 4 is 0 Å². The van der Waals surface area contributed by atoms with Crippen LogP contribution in [-0.4, -0.2) is 27.5 Å². The van der Waals surface area contributed by atoms with Gasteiger partial charge < -0.3 is 0 Å². The topological polar surface area (TPSA) is 29.0 Å². The highest BCUT2D eigenvalue weighted by Gasteiger charge is 2.31. The van der Waals surface area contributed by atoms with E-state index in [0.717, 1.165) is 19.0 Å². The van der Waals surface area contributed by atoms with Crippen LogP contribution in [0, 0.1) is 0 Å². The van der Waals surface area contributed by atoms with Crippen LogP contribution in [0.4, 0.5) is 0 Å². The molecule has 3 heteroatoms. The fourth-order valence-electron chi connectivity index (χ4n) is 2.04. The van der Waals surface area contributed by atoms with Crippen molar-refractivity contribution in [2.24, 2.45) is 0 Å². The van der Waals surface area contributed by atoms with Gasteiger partial charge in [-0.2, -0.15) is 0 Å². The average molecular weight is 175 g/mol. The molecule has 0 radical (unpaired) electrons. The number of hydrogen-bond acceptors (Lipinski definition) is 3. The zero-order valence-electron chi connectivity index (χ0n) is 7.61. The van der Waals surface area contributed by atoms with Crippen LogP contribution >= 0.6 is 0 Å². The third kappa shape index (κ3) is 1.33. The van der Waals surface area contributed by atoms with Crippen LogP contribution in [-0.2, 0) is 13.0 Å². The molecule has 2 heterocycles. The summed E-state index contributed by atoms with van der Waals surface area (Å²) in [5.74, 6) is 0. The van der Waals surface area contributed by atoms with Crippen LogP contribution in [0.2, 0.25) is 0 Å². The van der Waals surface area contributed by atoms with Crippen molar-refractivity contribution in [3.05, 3.63) is 23.8 Å². The van der Waals surface area contributed by atoms with E-state index in [9.17, 15) is 0 Å². The minimum absolute atomic E-state index is 0.869. The molecule has 1 saturated carbocycles. The molecule has 0 atom stereocenters. The van der Waals surface area contributed by atoms with Crippen molar-refractivity contribution < 1.29 is 0 Å². The van der Waals surface area contributed by atoms with Crippen molar-refractivity contribution in [3.8, 4) is 0 Å². The Kier molecular flexibility index (Phi) is 1.59. The van der Waals surface area contributed by atoms with Gasteiger partial charge in [0.1, 0.15) is 6.33 Å². The minimum atomic E-state index is 0.869. The van der Waals surface area contributed by atoms with Crippen LogP contribution in [0.25, 0.3) is 0 Å². The van der Waals surface area contributed by atoms with E-state index in [2.05, 4.69) is 14.9 Å². The molecule has 0 N–H and O–H groups in total. The monoisotopic (exact) mass is 175 g/mol. The molecule has 0 saturated heterocycles. The maximum atomic E-state index is 4.30. The van der Waals surface area contributed by atoms with Crippen LogP contribution in [0.15, 0.2) is 12.5 Å². The predicted octanol–water partition coefficient (Wildman–Crippen LogP) is 0.997. The summed E-state index contributed by atoms with van der Waals surface area (Å²) in [6, 6.07) is 0.869. The Morgan fingerprint density at radius 2 is 2.31 bits per heavy atom. The Balaban J connectivity index is 1.85. The van der Waals surface area contributed by atoms with Gasteiger partial charge in [-0.05, 0) is 12.8 Å². The standard InChI is InChI=1S/C10H13N3/c1-2-9(1)13-4-3-10-8(6-13)5-11-7-12-10/h5,7,9H,1-4,6H2. The lowest BCUT2D eigenvalue weighted by molar-refractivity contribution is 0.241. The number of hydrogen-bond donors (Lipinski definition) is 0. The third-order valence-corrected chi connectivity index (χ3v) is 2.95. The number of nitrogens with zero attached hydrogens (tertiary/aromatic N) is 3. The molecule has 0 unspecified atom stereocenters. The highest BCUT2D eigenvalue weighted by Crippen LogP contribution is 2.30. The zero-order valence-corrected chi connectivity index (χ0v) is 7.61. The molecular weight excluding hydrogens is 162 g/mol. The maximum Gasteiger partial charge on any atom is 0.115 e. The first-order chi connectivity index (χ1) is 6.43. The first-order valence-corrected chi connectivity index (χ1v) is 4.95. The Hall–Kier alpha value is -0.960. The Bertz CT molecular complexity index is 320. The molecular formula is C10H13N3. The van der Waals surface area contributed by atoms with E-state index in [4.69, 9.17) is 0 Å². The smallest absolute Gasteiger partial charge is 0.115 e. The maximum absolute atomic E-state index is 4.30.